The van der Waals surface area contributed by atoms with Crippen molar-refractivity contribution in [3.8, 4) is 0 Å². The summed E-state index contributed by atoms with van der Waals surface area (Å²) in [6, 6.07) is 1.12. The highest BCUT2D eigenvalue weighted by Crippen LogP contribution is 2.15. The second kappa shape index (κ2) is 137. The molecular weight excluding hydrogens is 1330 g/mol. The van der Waals surface area contributed by atoms with Gasteiger partial charge in [-0.15, -0.1) is 0 Å². The van der Waals surface area contributed by atoms with Gasteiger partial charge in [-0.05, 0) is 235 Å². The molecule has 0 saturated heterocycles. The van der Waals surface area contributed by atoms with Crippen molar-refractivity contribution in [3.05, 3.63) is 0 Å². The van der Waals surface area contributed by atoms with Gasteiger partial charge in [-0.3, -0.25) is 4.90 Å². The van der Waals surface area contributed by atoms with Crippen LogP contribution in [0.2, 0.25) is 0 Å². The Labute approximate surface area is 640 Å². The van der Waals surface area contributed by atoms with Crippen LogP contribution in [0.15, 0.2) is 0 Å². The van der Waals surface area contributed by atoms with Crippen LogP contribution in [0.5, 0.6) is 0 Å². The molecule has 2 fully saturated rings. The predicted octanol–water partition coefficient (Wildman–Crippen LogP) is -6.51. The molecule has 0 aliphatic heterocycles. The van der Waals surface area contributed by atoms with Crippen molar-refractivity contribution >= 4 is 0 Å². The third-order valence-corrected chi connectivity index (χ3v) is 14.2. The van der Waals surface area contributed by atoms with Crippen molar-refractivity contribution in [2.24, 2.45) is 120 Å². The zero-order chi connectivity index (χ0) is 81.0. The number of likely N-dealkylation sites (N-methyl/N-ethyl adjacent to an activating group) is 1. The van der Waals surface area contributed by atoms with Crippen LogP contribution in [0, 0.1) is 0 Å². The molecule has 0 radical (unpaired) electrons. The van der Waals surface area contributed by atoms with Gasteiger partial charge in [0, 0.05) is 149 Å². The van der Waals surface area contributed by atoms with Gasteiger partial charge in [0.05, 0.1) is 33.0 Å². The molecule has 0 spiro atoms. The number of nitrogens with two attached hydrogens (primary N) is 21. The van der Waals surface area contributed by atoms with E-state index in [2.05, 4.69) is 41.7 Å². The number of unbranched alkanes of at least 4 members (excludes halogenated alkanes) is 8. The highest BCUT2D eigenvalue weighted by molar-refractivity contribution is 4.80. The average Bonchev–Trinajstić information content (AvgIpc) is 0.981. The molecule has 2 rings (SSSR count). The first-order valence-electron chi connectivity index (χ1n) is 39.9. The van der Waals surface area contributed by atoms with Crippen molar-refractivity contribution in [2.75, 3.05) is 277 Å². The summed E-state index contributed by atoms with van der Waals surface area (Å²) in [4.78, 5) is 4.28. The Balaban J connectivity index is -0.000000100. The molecule has 34 nitrogen and oxygen atoms in total. The molecule has 4 atom stereocenters. The lowest BCUT2D eigenvalue weighted by molar-refractivity contribution is 0.0538. The Kier molecular flexibility index (Phi) is 166. The number of nitrogens with zero attached hydrogens (tertiary/aromatic N) is 2. The fourth-order valence-electron chi connectivity index (χ4n) is 8.03. The van der Waals surface area contributed by atoms with E-state index < -0.39 is 0 Å². The molecule has 51 N–H and O–H groups in total. The number of hydrogen-bond donors (Lipinski definition) is 30. The Bertz CT molecular complexity index is 1080. The second-order valence-electron chi connectivity index (χ2n) is 24.4. The van der Waals surface area contributed by atoms with E-state index >= 15 is 0 Å². The largest absolute Gasteiger partial charge is 0.396 e. The van der Waals surface area contributed by atoms with E-state index in [1.165, 1.54) is 51.4 Å². The van der Waals surface area contributed by atoms with Crippen LogP contribution in [0.3, 0.4) is 0 Å². The first-order valence-corrected chi connectivity index (χ1v) is 39.9. The number of ether oxygens (including phenoxy) is 2. The van der Waals surface area contributed by atoms with Crippen LogP contribution < -0.4 is 152 Å². The molecule has 2 aliphatic rings. The highest BCUT2D eigenvalue weighted by Gasteiger charge is 2.17. The van der Waals surface area contributed by atoms with Crippen molar-refractivity contribution in [1.82, 2.24) is 41.7 Å². The molecule has 2 saturated carbocycles. The van der Waals surface area contributed by atoms with Crippen LogP contribution in [-0.4, -0.2) is 327 Å². The lowest BCUT2D eigenvalue weighted by Crippen LogP contribution is -2.43. The first kappa shape index (κ1) is 126. The third kappa shape index (κ3) is 162. The summed E-state index contributed by atoms with van der Waals surface area (Å²) in [6.45, 7) is 28.8. The van der Waals surface area contributed by atoms with Gasteiger partial charge in [0.1, 0.15) is 0 Å². The SMILES string of the molecule is CN(CCN)CCN.CNCCCN.CNCCCNC.NCCCCCN.NCCCCCNCCN.NCCCCCO.NCCCN.NCCCNCCN.NCCN(CCN)CCN.NCCOCCOCCN.N[C@@H]1CCCC[C@H]1N.N[C@@H]1CCCC[C@H]1N.OCCCCCNCCO. The van der Waals surface area contributed by atoms with Gasteiger partial charge in [0.25, 0.3) is 0 Å². The quantitative estimate of drug-likeness (QED) is 0.0252. The van der Waals surface area contributed by atoms with Gasteiger partial charge in [-0.1, -0.05) is 38.5 Å². The molecule has 34 heteroatoms. The monoisotopic (exact) mass is 1520 g/mol. The van der Waals surface area contributed by atoms with Crippen LogP contribution >= 0.6 is 0 Å². The van der Waals surface area contributed by atoms with E-state index in [0.29, 0.717) is 85.5 Å². The lowest BCUT2D eigenvalue weighted by Gasteiger charge is -2.24. The maximum atomic E-state index is 8.41. The van der Waals surface area contributed by atoms with Gasteiger partial charge in [0.15, 0.2) is 0 Å². The fraction of sp³-hybridized carbons (Fsp3) is 1.00. The fourth-order valence-corrected chi connectivity index (χ4v) is 8.03. The maximum Gasteiger partial charge on any atom is 0.0701 e. The number of aliphatic hydroxyl groups is 3. The standard InChI is InChI=1S/C7H19N3.C7H17NO2.C6H18N4.C6H16N2O2.2C6H14N2.2C5H15N3.2C5H14N2.C5H13NO.C4H12N2.C3H10N2/c8-4-2-1-3-6-10-7-5-9;9-6-3-1-2-4-8-5-7-10;7-1-4-10(5-2-8)6-3-9;7-1-3-9-5-6-10-4-2-8;2*7-5-3-1-2-4-6(5)8;1-8(4-2-6)5-3-7;6-2-1-4-8-5-3-7;1-6-4-3-5-7-2;2*6-4-2-1-3-5-7;1-6-4-2-3-5;4-2-1-3-5/h10H,1-9H2;8-10H,1-7H2;1-9H2;1-8H2;2*5-6H,1-4,7-8H2;2-7H2,1H3;8H,1-7H2;6-7H,3-5H2,1-2H3;1-7H2;7H,1-6H2;6H,2-5H2,1H3;1-5H2/t;;;;2*5-,6-;;;;;;;/m....11......./s1. The first-order chi connectivity index (χ1) is 50.5. The molecule has 0 aromatic heterocycles. The second-order valence-corrected chi connectivity index (χ2v) is 24.4. The number of rotatable bonds is 53. The molecule has 104 heavy (non-hydrogen) atoms. The summed E-state index contributed by atoms with van der Waals surface area (Å²) in [6.07, 6.45) is 26.9. The third-order valence-electron chi connectivity index (χ3n) is 14.2. The van der Waals surface area contributed by atoms with Crippen LogP contribution in [-0.2, 0) is 9.47 Å². The smallest absolute Gasteiger partial charge is 0.0701 e. The van der Waals surface area contributed by atoms with Crippen LogP contribution in [0.4, 0.5) is 0 Å². The summed E-state index contributed by atoms with van der Waals surface area (Å²) in [7, 11) is 7.88. The summed E-state index contributed by atoms with van der Waals surface area (Å²) in [5.41, 5.74) is 112. The van der Waals surface area contributed by atoms with Crippen molar-refractivity contribution in [3.63, 3.8) is 0 Å². The summed E-state index contributed by atoms with van der Waals surface area (Å²) in [5, 5.41) is 43.6. The average molecular weight is 1520 g/mol. The molecule has 0 aromatic rings. The summed E-state index contributed by atoms with van der Waals surface area (Å²) >= 11 is 0. The molecule has 2 aliphatic carbocycles. The Morgan fingerprint density at radius 3 is 0.798 bits per heavy atom. The minimum absolute atomic E-state index is 0.208. The molecule has 0 amide bonds. The Morgan fingerprint density at radius 1 is 0.269 bits per heavy atom. The van der Waals surface area contributed by atoms with Crippen molar-refractivity contribution < 1.29 is 24.8 Å². The van der Waals surface area contributed by atoms with E-state index in [1.807, 2.05) is 28.2 Å². The molecule has 0 unspecified atom stereocenters. The highest BCUT2D eigenvalue weighted by atomic mass is 16.5. The van der Waals surface area contributed by atoms with E-state index in [-0.39, 0.29) is 30.8 Å². The Morgan fingerprint density at radius 2 is 0.548 bits per heavy atom. The summed E-state index contributed by atoms with van der Waals surface area (Å²) in [5.74, 6) is 0. The molecular formula is C70H191N29O5. The van der Waals surface area contributed by atoms with Gasteiger partial charge >= 0.3 is 0 Å². The van der Waals surface area contributed by atoms with Gasteiger partial charge in [-0.25, -0.2) is 0 Å². The Hall–Kier alpha value is -1.36. The molecule has 0 heterocycles. The topological polar surface area (TPSA) is 704 Å². The predicted molar refractivity (Wildman–Crippen MR) is 454 cm³/mol. The van der Waals surface area contributed by atoms with E-state index in [0.717, 1.165) is 260 Å². The number of nitrogens with one attached hydrogen (secondary N) is 6. The number of aliphatic hydroxyl groups excluding tert-OH is 3. The van der Waals surface area contributed by atoms with Gasteiger partial charge < -0.3 is 182 Å². The van der Waals surface area contributed by atoms with Gasteiger partial charge in [-0.2, -0.15) is 0 Å². The normalized spacial score (nSPS) is 14.5. The molecule has 0 bridgehead atoms. The zero-order valence-corrected chi connectivity index (χ0v) is 68.3. The number of hydrogen-bond acceptors (Lipinski definition) is 34. The maximum absolute atomic E-state index is 8.41. The van der Waals surface area contributed by atoms with E-state index in [9.17, 15) is 0 Å². The minimum atomic E-state index is 0.208. The van der Waals surface area contributed by atoms with Gasteiger partial charge in [0.2, 0.25) is 0 Å². The minimum Gasteiger partial charge on any atom is -0.396 e. The van der Waals surface area contributed by atoms with Crippen LogP contribution in [0.1, 0.15) is 154 Å². The van der Waals surface area contributed by atoms with Crippen molar-refractivity contribution in [1.29, 1.82) is 0 Å². The lowest BCUT2D eigenvalue weighted by atomic mass is 9.92. The van der Waals surface area contributed by atoms with E-state index in [1.54, 1.807) is 0 Å². The molecule has 646 valence electrons. The summed E-state index contributed by atoms with van der Waals surface area (Å²) < 4.78 is 10.1. The zero-order valence-electron chi connectivity index (χ0n) is 68.3. The van der Waals surface area contributed by atoms with E-state index in [4.69, 9.17) is 145 Å². The molecule has 0 aromatic carbocycles. The van der Waals surface area contributed by atoms with Crippen molar-refractivity contribution in [2.45, 2.75) is 178 Å². The van der Waals surface area contributed by atoms with Crippen LogP contribution in [0.25, 0.3) is 0 Å².